The molecule has 1 saturated heterocycles. The average Bonchev–Trinajstić information content (AvgIpc) is 2.32. The van der Waals surface area contributed by atoms with Gasteiger partial charge in [-0.15, -0.1) is 0 Å². The van der Waals surface area contributed by atoms with Crippen molar-refractivity contribution in [3.05, 3.63) is 23.8 Å². The molecule has 0 aliphatic carbocycles. The number of nitrogen functional groups attached to an aromatic ring is 1. The molecule has 0 atom stereocenters. The van der Waals surface area contributed by atoms with Gasteiger partial charge >= 0.3 is 5.97 Å². The molecule has 0 spiro atoms. The van der Waals surface area contributed by atoms with E-state index in [1.807, 2.05) is 5.01 Å². The zero-order valence-electron chi connectivity index (χ0n) is 9.35. The van der Waals surface area contributed by atoms with Gasteiger partial charge in [-0.1, -0.05) is 0 Å². The molecule has 6 heteroatoms. The minimum Gasteiger partial charge on any atom is -0.478 e. The third kappa shape index (κ3) is 2.86. The van der Waals surface area contributed by atoms with Crippen molar-refractivity contribution in [3.63, 3.8) is 0 Å². The van der Waals surface area contributed by atoms with Crippen LogP contribution >= 0.6 is 0 Å². The summed E-state index contributed by atoms with van der Waals surface area (Å²) in [4.78, 5) is 11.1. The van der Waals surface area contributed by atoms with Gasteiger partial charge in [-0.3, -0.25) is 0 Å². The first-order valence-electron chi connectivity index (χ1n) is 5.39. The van der Waals surface area contributed by atoms with Crippen molar-refractivity contribution in [2.24, 2.45) is 0 Å². The fourth-order valence-corrected chi connectivity index (χ4v) is 1.68. The number of morpholine rings is 1. The number of anilines is 2. The van der Waals surface area contributed by atoms with Crippen LogP contribution in [0.5, 0.6) is 0 Å². The van der Waals surface area contributed by atoms with Gasteiger partial charge in [0.2, 0.25) is 0 Å². The topological polar surface area (TPSA) is 87.8 Å². The summed E-state index contributed by atoms with van der Waals surface area (Å²) in [6, 6.07) is 4.80. The van der Waals surface area contributed by atoms with Crippen molar-refractivity contribution in [2.45, 2.75) is 0 Å². The van der Waals surface area contributed by atoms with Gasteiger partial charge in [0.1, 0.15) is 0 Å². The highest BCUT2D eigenvalue weighted by Gasteiger charge is 2.15. The van der Waals surface area contributed by atoms with Crippen molar-refractivity contribution in [1.82, 2.24) is 5.01 Å². The Hall–Kier alpha value is -1.79. The second-order valence-electron chi connectivity index (χ2n) is 3.82. The predicted molar refractivity (Wildman–Crippen MR) is 63.8 cm³/mol. The number of ether oxygens (including phenoxy) is 1. The molecule has 6 nitrogen and oxygen atoms in total. The number of hydrogen-bond donors (Lipinski definition) is 3. The molecule has 1 aromatic rings. The lowest BCUT2D eigenvalue weighted by Crippen LogP contribution is -2.40. The Bertz CT molecular complexity index is 416. The van der Waals surface area contributed by atoms with E-state index in [1.54, 1.807) is 12.1 Å². The van der Waals surface area contributed by atoms with Gasteiger partial charge in [-0.25, -0.2) is 9.80 Å². The van der Waals surface area contributed by atoms with Crippen LogP contribution < -0.4 is 11.2 Å². The molecular weight excluding hydrogens is 222 g/mol. The Labute approximate surface area is 98.9 Å². The number of hydrazine groups is 1. The van der Waals surface area contributed by atoms with Gasteiger partial charge in [0.05, 0.1) is 24.5 Å². The lowest BCUT2D eigenvalue weighted by atomic mass is 10.1. The van der Waals surface area contributed by atoms with Crippen LogP contribution in [-0.2, 0) is 4.74 Å². The third-order valence-electron chi connectivity index (χ3n) is 2.56. The Morgan fingerprint density at radius 2 is 2.12 bits per heavy atom. The van der Waals surface area contributed by atoms with E-state index < -0.39 is 5.97 Å². The molecular formula is C11H15N3O3. The minimum atomic E-state index is -0.993. The van der Waals surface area contributed by atoms with Crippen molar-refractivity contribution in [3.8, 4) is 0 Å². The number of hydrogen-bond acceptors (Lipinski definition) is 5. The quantitative estimate of drug-likeness (QED) is 0.668. The van der Waals surface area contributed by atoms with Gasteiger partial charge in [0.15, 0.2) is 0 Å². The highest BCUT2D eigenvalue weighted by molar-refractivity contribution is 5.95. The maximum absolute atomic E-state index is 11.1. The van der Waals surface area contributed by atoms with E-state index in [1.165, 1.54) is 6.07 Å². The molecule has 92 valence electrons. The smallest absolute Gasteiger partial charge is 0.337 e. The molecule has 4 N–H and O–H groups in total. The van der Waals surface area contributed by atoms with Crippen LogP contribution in [0.3, 0.4) is 0 Å². The first-order valence-corrected chi connectivity index (χ1v) is 5.39. The molecule has 0 amide bonds. The molecule has 0 aromatic heterocycles. The van der Waals surface area contributed by atoms with Crippen LogP contribution in [0.15, 0.2) is 18.2 Å². The largest absolute Gasteiger partial charge is 0.478 e. The summed E-state index contributed by atoms with van der Waals surface area (Å²) >= 11 is 0. The average molecular weight is 237 g/mol. The highest BCUT2D eigenvalue weighted by Crippen LogP contribution is 2.19. The monoisotopic (exact) mass is 237 g/mol. The van der Waals surface area contributed by atoms with Gasteiger partial charge in [0, 0.05) is 18.8 Å². The first kappa shape index (κ1) is 11.7. The fourth-order valence-electron chi connectivity index (χ4n) is 1.68. The molecule has 1 fully saturated rings. The SMILES string of the molecule is Nc1ccc(NN2CCOCC2)c(C(=O)O)c1. The van der Waals surface area contributed by atoms with Gasteiger partial charge in [0.25, 0.3) is 0 Å². The lowest BCUT2D eigenvalue weighted by Gasteiger charge is -2.28. The van der Waals surface area contributed by atoms with Gasteiger partial charge < -0.3 is 21.0 Å². The first-order chi connectivity index (χ1) is 8.16. The number of nitrogens with two attached hydrogens (primary N) is 1. The Balaban J connectivity index is 2.16. The van der Waals surface area contributed by atoms with Crippen LogP contribution in [0.4, 0.5) is 11.4 Å². The maximum Gasteiger partial charge on any atom is 0.337 e. The standard InChI is InChI=1S/C11H15N3O3/c12-8-1-2-10(9(7-8)11(15)16)13-14-3-5-17-6-4-14/h1-2,7,13H,3-6,12H2,(H,15,16). The van der Waals surface area contributed by atoms with Gasteiger partial charge in [-0.2, -0.15) is 0 Å². The predicted octanol–water partition coefficient (Wildman–Crippen LogP) is 0.626. The van der Waals surface area contributed by atoms with E-state index in [9.17, 15) is 4.79 Å². The van der Waals surface area contributed by atoms with Crippen molar-refractivity contribution in [2.75, 3.05) is 37.5 Å². The van der Waals surface area contributed by atoms with E-state index >= 15 is 0 Å². The molecule has 1 aliphatic rings. The summed E-state index contributed by atoms with van der Waals surface area (Å²) < 4.78 is 5.22. The van der Waals surface area contributed by atoms with Crippen LogP contribution in [0.1, 0.15) is 10.4 Å². The van der Waals surface area contributed by atoms with E-state index in [-0.39, 0.29) is 5.56 Å². The summed E-state index contributed by atoms with van der Waals surface area (Å²) in [5, 5.41) is 11.0. The van der Waals surface area contributed by atoms with Crippen molar-refractivity contribution < 1.29 is 14.6 Å². The summed E-state index contributed by atoms with van der Waals surface area (Å²) in [5.41, 5.74) is 9.82. The Kier molecular flexibility index (Phi) is 3.46. The zero-order valence-corrected chi connectivity index (χ0v) is 9.35. The molecule has 1 heterocycles. The molecule has 0 unspecified atom stereocenters. The number of benzene rings is 1. The molecule has 1 aromatic carbocycles. The molecule has 1 aliphatic heterocycles. The number of carboxylic acids is 1. The zero-order chi connectivity index (χ0) is 12.3. The van der Waals surface area contributed by atoms with Crippen LogP contribution in [0.25, 0.3) is 0 Å². The van der Waals surface area contributed by atoms with Crippen molar-refractivity contribution >= 4 is 17.3 Å². The minimum absolute atomic E-state index is 0.177. The Morgan fingerprint density at radius 1 is 1.41 bits per heavy atom. The summed E-state index contributed by atoms with van der Waals surface area (Å²) in [7, 11) is 0. The number of nitrogens with zero attached hydrogens (tertiary/aromatic N) is 1. The normalized spacial score (nSPS) is 16.7. The fraction of sp³-hybridized carbons (Fsp3) is 0.364. The second-order valence-corrected chi connectivity index (χ2v) is 3.82. The van der Waals surface area contributed by atoms with Crippen LogP contribution in [-0.4, -0.2) is 42.4 Å². The second kappa shape index (κ2) is 5.03. The molecule has 0 radical (unpaired) electrons. The lowest BCUT2D eigenvalue weighted by molar-refractivity contribution is 0.0495. The van der Waals surface area contributed by atoms with Gasteiger partial charge in [-0.05, 0) is 18.2 Å². The van der Waals surface area contributed by atoms with E-state index in [0.29, 0.717) is 24.6 Å². The Morgan fingerprint density at radius 3 is 2.76 bits per heavy atom. The molecule has 0 bridgehead atoms. The number of rotatable bonds is 3. The maximum atomic E-state index is 11.1. The van der Waals surface area contributed by atoms with E-state index in [4.69, 9.17) is 15.6 Å². The number of carboxylic acid groups (broad SMARTS) is 1. The summed E-state index contributed by atoms with van der Waals surface area (Å²) in [6.07, 6.45) is 0. The number of aromatic carboxylic acids is 1. The molecule has 17 heavy (non-hydrogen) atoms. The molecule has 2 rings (SSSR count). The third-order valence-corrected chi connectivity index (χ3v) is 2.56. The van der Waals surface area contributed by atoms with Crippen LogP contribution in [0, 0.1) is 0 Å². The van der Waals surface area contributed by atoms with Crippen molar-refractivity contribution in [1.29, 1.82) is 0 Å². The van der Waals surface area contributed by atoms with E-state index in [2.05, 4.69) is 5.43 Å². The summed E-state index contributed by atoms with van der Waals surface area (Å²) in [5.74, 6) is -0.993. The van der Waals surface area contributed by atoms with Crippen LogP contribution in [0.2, 0.25) is 0 Å². The molecule has 0 saturated carbocycles. The summed E-state index contributed by atoms with van der Waals surface area (Å²) in [6.45, 7) is 2.74. The highest BCUT2D eigenvalue weighted by atomic mass is 16.5. The number of carbonyl (C=O) groups is 1. The number of nitrogens with one attached hydrogen (secondary N) is 1. The van der Waals surface area contributed by atoms with E-state index in [0.717, 1.165) is 13.1 Å².